The molecule has 0 aliphatic rings. The summed E-state index contributed by atoms with van der Waals surface area (Å²) in [6.07, 6.45) is 0.515. The molecule has 17 heavy (non-hydrogen) atoms. The molecule has 1 aromatic carbocycles. The molecule has 96 valence electrons. The second-order valence-electron chi connectivity index (χ2n) is 5.65. The lowest BCUT2D eigenvalue weighted by atomic mass is 9.98. The largest absolute Gasteiger partial charge is 0.392 e. The van der Waals surface area contributed by atoms with Crippen molar-refractivity contribution in [3.05, 3.63) is 34.9 Å². The molecule has 1 rings (SSSR count). The highest BCUT2D eigenvalue weighted by Gasteiger charge is 2.15. The Morgan fingerprint density at radius 2 is 1.71 bits per heavy atom. The number of aliphatic hydroxyl groups is 1. The zero-order chi connectivity index (χ0) is 13.1. The van der Waals surface area contributed by atoms with Gasteiger partial charge in [-0.25, -0.2) is 0 Å². The van der Waals surface area contributed by atoms with Crippen LogP contribution in [0.15, 0.2) is 18.2 Å². The van der Waals surface area contributed by atoms with Crippen LogP contribution in [0.2, 0.25) is 0 Å². The summed E-state index contributed by atoms with van der Waals surface area (Å²) in [5.41, 5.74) is 3.86. The second kappa shape index (κ2) is 5.92. The van der Waals surface area contributed by atoms with Crippen LogP contribution in [-0.2, 0) is 6.42 Å². The molecule has 1 N–H and O–H groups in total. The van der Waals surface area contributed by atoms with Crippen LogP contribution in [0.3, 0.4) is 0 Å². The van der Waals surface area contributed by atoms with E-state index in [-0.39, 0.29) is 10.9 Å². The monoisotopic (exact) mass is 252 g/mol. The first-order chi connectivity index (χ1) is 7.79. The maximum Gasteiger partial charge on any atom is 0.0671 e. The lowest BCUT2D eigenvalue weighted by Crippen LogP contribution is -2.19. The van der Waals surface area contributed by atoms with E-state index in [0.29, 0.717) is 0 Å². The van der Waals surface area contributed by atoms with E-state index in [9.17, 15) is 5.11 Å². The van der Waals surface area contributed by atoms with Gasteiger partial charge in [0.2, 0.25) is 0 Å². The molecule has 0 saturated heterocycles. The zero-order valence-electron chi connectivity index (χ0n) is 11.6. The molecule has 0 fully saturated rings. The highest BCUT2D eigenvalue weighted by Crippen LogP contribution is 2.25. The average molecular weight is 252 g/mol. The fourth-order valence-electron chi connectivity index (χ4n) is 1.81. The molecule has 0 radical (unpaired) electrons. The van der Waals surface area contributed by atoms with Gasteiger partial charge in [0, 0.05) is 10.5 Å². The molecular weight excluding hydrogens is 228 g/mol. The van der Waals surface area contributed by atoms with E-state index >= 15 is 0 Å². The van der Waals surface area contributed by atoms with E-state index in [2.05, 4.69) is 52.8 Å². The summed E-state index contributed by atoms with van der Waals surface area (Å²) in [5.74, 6) is 0.803. The zero-order valence-corrected chi connectivity index (χ0v) is 12.4. The van der Waals surface area contributed by atoms with Gasteiger partial charge in [0.25, 0.3) is 0 Å². The van der Waals surface area contributed by atoms with E-state index in [4.69, 9.17) is 0 Å². The topological polar surface area (TPSA) is 20.2 Å². The minimum absolute atomic E-state index is 0.224. The van der Waals surface area contributed by atoms with Crippen molar-refractivity contribution in [1.82, 2.24) is 0 Å². The summed E-state index contributed by atoms with van der Waals surface area (Å²) < 4.78 is 0.224. The fraction of sp³-hybridized carbons (Fsp3) is 0.600. The van der Waals surface area contributed by atoms with Crippen LogP contribution in [0.5, 0.6) is 0 Å². The first-order valence-electron chi connectivity index (χ1n) is 6.17. The van der Waals surface area contributed by atoms with E-state index in [1.807, 2.05) is 11.8 Å². The maximum absolute atomic E-state index is 10.1. The quantitative estimate of drug-likeness (QED) is 0.881. The van der Waals surface area contributed by atoms with Crippen molar-refractivity contribution in [1.29, 1.82) is 0 Å². The third-order valence-corrected chi connectivity index (χ3v) is 4.21. The summed E-state index contributed by atoms with van der Waals surface area (Å²) in [6.45, 7) is 10.8. The van der Waals surface area contributed by atoms with E-state index in [1.54, 1.807) is 0 Å². The molecule has 0 aliphatic carbocycles. The predicted molar refractivity (Wildman–Crippen MR) is 77.8 cm³/mol. The van der Waals surface area contributed by atoms with Crippen molar-refractivity contribution < 1.29 is 5.11 Å². The molecule has 0 amide bonds. The van der Waals surface area contributed by atoms with Gasteiger partial charge in [-0.2, -0.15) is 11.8 Å². The molecule has 0 heterocycles. The second-order valence-corrected chi connectivity index (χ2v) is 7.50. The number of benzene rings is 1. The van der Waals surface area contributed by atoms with Crippen LogP contribution in [0.1, 0.15) is 37.5 Å². The Morgan fingerprint density at radius 1 is 1.18 bits per heavy atom. The number of hydrogen-bond acceptors (Lipinski definition) is 2. The van der Waals surface area contributed by atoms with Gasteiger partial charge in [-0.3, -0.25) is 0 Å². The molecule has 1 aromatic rings. The van der Waals surface area contributed by atoms with Gasteiger partial charge in [0.1, 0.15) is 0 Å². The molecule has 0 spiro atoms. The standard InChI is InChI=1S/C15H24OS/c1-11-7-6-8-12(2)14(11)9-13(16)10-17-15(3,4)5/h6-8,13,16H,9-10H2,1-5H3. The first-order valence-corrected chi connectivity index (χ1v) is 7.15. The molecule has 2 heteroatoms. The average Bonchev–Trinajstić information content (AvgIpc) is 2.20. The van der Waals surface area contributed by atoms with Gasteiger partial charge < -0.3 is 5.11 Å². The minimum atomic E-state index is -0.251. The Kier molecular flexibility index (Phi) is 5.08. The Bertz CT molecular complexity index is 345. The van der Waals surface area contributed by atoms with Crippen molar-refractivity contribution >= 4 is 11.8 Å². The molecular formula is C15H24OS. The van der Waals surface area contributed by atoms with Gasteiger partial charge in [0.05, 0.1) is 6.10 Å². The Hall–Kier alpha value is -0.470. The molecule has 1 atom stereocenters. The van der Waals surface area contributed by atoms with Crippen molar-refractivity contribution in [2.24, 2.45) is 0 Å². The molecule has 0 aromatic heterocycles. The van der Waals surface area contributed by atoms with Crippen LogP contribution in [0, 0.1) is 13.8 Å². The lowest BCUT2D eigenvalue weighted by molar-refractivity contribution is 0.199. The van der Waals surface area contributed by atoms with E-state index in [1.165, 1.54) is 16.7 Å². The number of aliphatic hydroxyl groups excluding tert-OH is 1. The predicted octanol–water partition coefficient (Wildman–Crippen LogP) is 3.74. The number of rotatable bonds is 4. The number of thioether (sulfide) groups is 1. The molecule has 0 saturated carbocycles. The van der Waals surface area contributed by atoms with Crippen LogP contribution in [-0.4, -0.2) is 21.7 Å². The van der Waals surface area contributed by atoms with Crippen LogP contribution >= 0.6 is 11.8 Å². The van der Waals surface area contributed by atoms with Gasteiger partial charge in [0.15, 0.2) is 0 Å². The number of hydrogen-bond donors (Lipinski definition) is 1. The molecule has 1 nitrogen and oxygen atoms in total. The van der Waals surface area contributed by atoms with Crippen molar-refractivity contribution in [2.75, 3.05) is 5.75 Å². The Morgan fingerprint density at radius 3 is 2.18 bits per heavy atom. The first kappa shape index (κ1) is 14.6. The smallest absolute Gasteiger partial charge is 0.0671 e. The summed E-state index contributed by atoms with van der Waals surface area (Å²) in [4.78, 5) is 0. The van der Waals surface area contributed by atoms with Gasteiger partial charge >= 0.3 is 0 Å². The van der Waals surface area contributed by atoms with Crippen LogP contribution in [0.25, 0.3) is 0 Å². The molecule has 1 unspecified atom stereocenters. The summed E-state index contributed by atoms with van der Waals surface area (Å²) in [7, 11) is 0. The molecule has 0 aliphatic heterocycles. The Balaban J connectivity index is 2.59. The molecule has 0 bridgehead atoms. The third-order valence-electron chi connectivity index (χ3n) is 2.79. The fourth-order valence-corrected chi connectivity index (χ4v) is 2.62. The lowest BCUT2D eigenvalue weighted by Gasteiger charge is -2.21. The van der Waals surface area contributed by atoms with Crippen molar-refractivity contribution in [2.45, 2.75) is 51.9 Å². The summed E-state index contributed by atoms with van der Waals surface area (Å²) in [5, 5.41) is 10.1. The van der Waals surface area contributed by atoms with E-state index in [0.717, 1.165) is 12.2 Å². The van der Waals surface area contributed by atoms with Gasteiger partial charge in [-0.05, 0) is 37.0 Å². The van der Waals surface area contributed by atoms with E-state index < -0.39 is 0 Å². The highest BCUT2D eigenvalue weighted by atomic mass is 32.2. The van der Waals surface area contributed by atoms with Crippen molar-refractivity contribution in [3.63, 3.8) is 0 Å². The normalized spacial score (nSPS) is 13.8. The minimum Gasteiger partial charge on any atom is -0.392 e. The van der Waals surface area contributed by atoms with Gasteiger partial charge in [-0.1, -0.05) is 39.0 Å². The Labute approximate surface area is 110 Å². The SMILES string of the molecule is Cc1cccc(C)c1CC(O)CSC(C)(C)C. The maximum atomic E-state index is 10.1. The van der Waals surface area contributed by atoms with Crippen LogP contribution < -0.4 is 0 Å². The van der Waals surface area contributed by atoms with Crippen LogP contribution in [0.4, 0.5) is 0 Å². The summed E-state index contributed by atoms with van der Waals surface area (Å²) in [6, 6.07) is 6.31. The van der Waals surface area contributed by atoms with Gasteiger partial charge in [-0.15, -0.1) is 0 Å². The highest BCUT2D eigenvalue weighted by molar-refractivity contribution is 8.00. The van der Waals surface area contributed by atoms with Crippen molar-refractivity contribution in [3.8, 4) is 0 Å². The number of aryl methyl sites for hydroxylation is 2. The third kappa shape index (κ3) is 5.13. The summed E-state index contributed by atoms with van der Waals surface area (Å²) >= 11 is 1.82.